The van der Waals surface area contributed by atoms with Crippen molar-refractivity contribution in [2.75, 3.05) is 48.5 Å². The van der Waals surface area contributed by atoms with Gasteiger partial charge >= 0.3 is 6.18 Å². The van der Waals surface area contributed by atoms with Crippen LogP contribution in [0.25, 0.3) is 10.8 Å². The Balaban J connectivity index is 0.00000320. The van der Waals surface area contributed by atoms with Crippen molar-refractivity contribution in [1.29, 1.82) is 0 Å². The van der Waals surface area contributed by atoms with E-state index >= 15 is 0 Å². The van der Waals surface area contributed by atoms with Crippen molar-refractivity contribution in [3.05, 3.63) is 66.2 Å². The van der Waals surface area contributed by atoms with Crippen LogP contribution >= 0.6 is 12.4 Å². The smallest absolute Gasteiger partial charge is 0.369 e. The largest absolute Gasteiger partial charge is 0.416 e. The Bertz CT molecular complexity index is 1320. The zero-order valence-corrected chi connectivity index (χ0v) is 22.1. The standard InChI is InChI=1S/C27H30F3N3O2S.ClH/c28-27(29,30)22-11-13-23(14-12-22)32-19-17-31(18-20-32)15-3-1-2-4-16-33-24-9-5-7-21-8-6-10-25(26(21)24)36(33,34)35;/h5-14H,1-4,15-20H2;1H. The molecule has 0 radical (unpaired) electrons. The fourth-order valence-electron chi connectivity index (χ4n) is 5.23. The highest BCUT2D eigenvalue weighted by molar-refractivity contribution is 7.93. The minimum Gasteiger partial charge on any atom is -0.369 e. The molecular weight excluding hydrogens is 523 g/mol. The number of nitrogens with zero attached hydrogens (tertiary/aromatic N) is 3. The predicted octanol–water partition coefficient (Wildman–Crippen LogP) is 6.17. The van der Waals surface area contributed by atoms with Crippen LogP contribution < -0.4 is 9.21 Å². The molecule has 0 unspecified atom stereocenters. The van der Waals surface area contributed by atoms with E-state index in [-0.39, 0.29) is 12.4 Å². The number of sulfonamides is 1. The molecule has 0 bridgehead atoms. The van der Waals surface area contributed by atoms with Gasteiger partial charge in [-0.15, -0.1) is 12.4 Å². The van der Waals surface area contributed by atoms with Crippen molar-refractivity contribution in [3.8, 4) is 0 Å². The van der Waals surface area contributed by atoms with Gasteiger partial charge in [-0.3, -0.25) is 9.21 Å². The minimum absolute atomic E-state index is 0. The summed E-state index contributed by atoms with van der Waals surface area (Å²) in [6.07, 6.45) is -0.457. The van der Waals surface area contributed by atoms with E-state index in [1.165, 1.54) is 0 Å². The highest BCUT2D eigenvalue weighted by Gasteiger charge is 2.35. The zero-order valence-electron chi connectivity index (χ0n) is 20.5. The highest BCUT2D eigenvalue weighted by atomic mass is 35.5. The van der Waals surface area contributed by atoms with Crippen molar-refractivity contribution in [2.24, 2.45) is 0 Å². The van der Waals surface area contributed by atoms with E-state index in [0.717, 1.165) is 92.7 Å². The Hall–Kier alpha value is -2.49. The van der Waals surface area contributed by atoms with Crippen molar-refractivity contribution >= 4 is 44.6 Å². The third-order valence-electron chi connectivity index (χ3n) is 7.20. The van der Waals surface area contributed by atoms with Gasteiger partial charge in [0.2, 0.25) is 0 Å². The predicted molar refractivity (Wildman–Crippen MR) is 144 cm³/mol. The molecular formula is C27H31ClF3N3O2S. The van der Waals surface area contributed by atoms with Gasteiger partial charge in [-0.05, 0) is 61.2 Å². The van der Waals surface area contributed by atoms with Crippen LogP contribution in [0.3, 0.4) is 0 Å². The minimum atomic E-state index is -4.31. The fourth-order valence-corrected chi connectivity index (χ4v) is 6.98. The Labute approximate surface area is 222 Å². The molecule has 0 amide bonds. The topological polar surface area (TPSA) is 43.9 Å². The van der Waals surface area contributed by atoms with Crippen LogP contribution in [-0.4, -0.2) is 52.6 Å². The molecule has 200 valence electrons. The lowest BCUT2D eigenvalue weighted by molar-refractivity contribution is -0.137. The van der Waals surface area contributed by atoms with E-state index in [9.17, 15) is 21.6 Å². The summed E-state index contributed by atoms with van der Waals surface area (Å²) >= 11 is 0. The second-order valence-corrected chi connectivity index (χ2v) is 11.3. The van der Waals surface area contributed by atoms with Gasteiger partial charge in [0.25, 0.3) is 10.0 Å². The number of hydrogen-bond acceptors (Lipinski definition) is 4. The monoisotopic (exact) mass is 553 g/mol. The van der Waals surface area contributed by atoms with Crippen LogP contribution in [0.5, 0.6) is 0 Å². The molecule has 5 rings (SSSR count). The summed E-state index contributed by atoms with van der Waals surface area (Å²) in [7, 11) is -3.48. The zero-order chi connectivity index (χ0) is 25.3. The molecule has 0 atom stereocenters. The van der Waals surface area contributed by atoms with Gasteiger partial charge in [-0.2, -0.15) is 13.2 Å². The van der Waals surface area contributed by atoms with Gasteiger partial charge in [-0.1, -0.05) is 37.1 Å². The van der Waals surface area contributed by atoms with E-state index in [4.69, 9.17) is 0 Å². The van der Waals surface area contributed by atoms with Gasteiger partial charge in [0, 0.05) is 43.8 Å². The molecule has 2 aliphatic rings. The van der Waals surface area contributed by atoms with Crippen molar-refractivity contribution in [1.82, 2.24) is 4.90 Å². The molecule has 5 nitrogen and oxygen atoms in total. The molecule has 0 saturated carbocycles. The first-order valence-corrected chi connectivity index (χ1v) is 13.9. The molecule has 1 fully saturated rings. The summed E-state index contributed by atoms with van der Waals surface area (Å²) < 4.78 is 66.0. The first kappa shape index (κ1) is 27.5. The summed E-state index contributed by atoms with van der Waals surface area (Å²) in [6, 6.07) is 16.6. The SMILES string of the molecule is Cl.O=S1(=O)c2cccc3cccc(c23)N1CCCCCCN1CCN(c2ccc(C(F)(F)F)cc2)CC1. The molecule has 37 heavy (non-hydrogen) atoms. The molecule has 2 heterocycles. The van der Waals surface area contributed by atoms with E-state index < -0.39 is 21.8 Å². The number of alkyl halides is 3. The van der Waals surface area contributed by atoms with Gasteiger partial charge in [-0.25, -0.2) is 8.42 Å². The van der Waals surface area contributed by atoms with Crippen LogP contribution in [0.1, 0.15) is 31.2 Å². The van der Waals surface area contributed by atoms with Crippen LogP contribution in [0.15, 0.2) is 65.6 Å². The molecule has 3 aromatic rings. The van der Waals surface area contributed by atoms with Crippen LogP contribution in [-0.2, 0) is 16.2 Å². The second kappa shape index (κ2) is 11.1. The molecule has 0 spiro atoms. The summed E-state index contributed by atoms with van der Waals surface area (Å²) in [5.74, 6) is 0. The van der Waals surface area contributed by atoms with Gasteiger partial charge in [0.05, 0.1) is 16.1 Å². The first-order valence-electron chi connectivity index (χ1n) is 12.4. The van der Waals surface area contributed by atoms with Gasteiger partial charge < -0.3 is 4.90 Å². The molecule has 10 heteroatoms. The Morgan fingerprint density at radius 3 is 2.03 bits per heavy atom. The maximum Gasteiger partial charge on any atom is 0.416 e. The average Bonchev–Trinajstić information content (AvgIpc) is 3.09. The number of benzene rings is 3. The number of hydrogen-bond donors (Lipinski definition) is 0. The van der Waals surface area contributed by atoms with E-state index in [1.54, 1.807) is 28.6 Å². The van der Waals surface area contributed by atoms with E-state index in [1.807, 2.05) is 24.3 Å². The van der Waals surface area contributed by atoms with Crippen molar-refractivity contribution in [2.45, 2.75) is 36.8 Å². The number of piperazine rings is 1. The third kappa shape index (κ3) is 5.68. The quantitative estimate of drug-likeness (QED) is 0.313. The Kier molecular flexibility index (Phi) is 8.26. The molecule has 3 aromatic carbocycles. The lowest BCUT2D eigenvalue weighted by Crippen LogP contribution is -2.46. The number of rotatable bonds is 8. The molecule has 0 aromatic heterocycles. The lowest BCUT2D eigenvalue weighted by Gasteiger charge is -2.36. The molecule has 0 aliphatic carbocycles. The summed E-state index contributed by atoms with van der Waals surface area (Å²) in [5.41, 5.74) is 1.00. The maximum absolute atomic E-state index is 13.0. The van der Waals surface area contributed by atoms with E-state index in [0.29, 0.717) is 11.4 Å². The van der Waals surface area contributed by atoms with Gasteiger partial charge in [0.15, 0.2) is 0 Å². The first-order chi connectivity index (χ1) is 17.2. The third-order valence-corrected chi connectivity index (χ3v) is 9.05. The fraction of sp³-hybridized carbons (Fsp3) is 0.407. The Morgan fingerprint density at radius 1 is 0.757 bits per heavy atom. The summed E-state index contributed by atoms with van der Waals surface area (Å²) in [4.78, 5) is 4.93. The summed E-state index contributed by atoms with van der Waals surface area (Å²) in [5, 5.41) is 1.78. The number of anilines is 2. The number of halogens is 4. The Morgan fingerprint density at radius 2 is 1.38 bits per heavy atom. The van der Waals surface area contributed by atoms with Crippen molar-refractivity contribution < 1.29 is 21.6 Å². The molecule has 1 saturated heterocycles. The lowest BCUT2D eigenvalue weighted by atomic mass is 10.1. The second-order valence-electron chi connectivity index (χ2n) is 9.50. The van der Waals surface area contributed by atoms with Crippen LogP contribution in [0, 0.1) is 0 Å². The highest BCUT2D eigenvalue weighted by Crippen LogP contribution is 2.42. The van der Waals surface area contributed by atoms with Crippen LogP contribution in [0.4, 0.5) is 24.5 Å². The summed E-state index contributed by atoms with van der Waals surface area (Å²) in [6.45, 7) is 4.83. The molecule has 0 N–H and O–H groups in total. The number of unbranched alkanes of at least 4 members (excludes halogenated alkanes) is 3. The van der Waals surface area contributed by atoms with Crippen LogP contribution in [0.2, 0.25) is 0 Å². The molecule has 2 aliphatic heterocycles. The van der Waals surface area contributed by atoms with E-state index in [2.05, 4.69) is 9.80 Å². The normalized spacial score (nSPS) is 17.3. The van der Waals surface area contributed by atoms with Crippen molar-refractivity contribution in [3.63, 3.8) is 0 Å². The van der Waals surface area contributed by atoms with Gasteiger partial charge in [0.1, 0.15) is 0 Å². The average molecular weight is 554 g/mol. The maximum atomic E-state index is 13.0.